The zero-order valence-electron chi connectivity index (χ0n) is 16.0. The Morgan fingerprint density at radius 2 is 1.40 bits per heavy atom. The van der Waals surface area contributed by atoms with Crippen LogP contribution in [0, 0.1) is 0 Å². The minimum absolute atomic E-state index is 0.0390. The minimum Gasteiger partial charge on any atom is -0.481 e. The number of hydrogen-bond acceptors (Lipinski definition) is 5. The highest BCUT2D eigenvalue weighted by Gasteiger charge is 2.09. The number of nitrogens with zero attached hydrogens (tertiary/aromatic N) is 1. The van der Waals surface area contributed by atoms with Gasteiger partial charge in [-0.1, -0.05) is 48.5 Å². The lowest BCUT2D eigenvalue weighted by molar-refractivity contribution is -0.133. The molecule has 30 heavy (non-hydrogen) atoms. The fourth-order valence-electron chi connectivity index (χ4n) is 2.53. The van der Waals surface area contributed by atoms with Crippen LogP contribution in [0.15, 0.2) is 90.0 Å². The van der Waals surface area contributed by atoms with Crippen LogP contribution in [0.25, 0.3) is 0 Å². The number of carbonyl (C=O) groups is 2. The van der Waals surface area contributed by atoms with E-state index in [1.54, 1.807) is 24.3 Å². The van der Waals surface area contributed by atoms with Crippen LogP contribution in [-0.2, 0) is 4.79 Å². The lowest BCUT2D eigenvalue weighted by atomic mass is 10.1. The maximum Gasteiger partial charge on any atom is 0.313 e. The summed E-state index contributed by atoms with van der Waals surface area (Å²) in [6.07, 6.45) is 0. The van der Waals surface area contributed by atoms with E-state index in [0.29, 0.717) is 28.5 Å². The van der Waals surface area contributed by atoms with E-state index in [1.807, 2.05) is 60.7 Å². The van der Waals surface area contributed by atoms with Crippen molar-refractivity contribution in [1.29, 1.82) is 0 Å². The minimum atomic E-state index is -0.894. The van der Waals surface area contributed by atoms with Gasteiger partial charge in [0.25, 0.3) is 5.91 Å². The highest BCUT2D eigenvalue weighted by atomic mass is 32.2. The molecule has 0 atom stereocenters. The van der Waals surface area contributed by atoms with Gasteiger partial charge >= 0.3 is 5.97 Å². The molecule has 0 bridgehead atoms. The van der Waals surface area contributed by atoms with Gasteiger partial charge in [-0.05, 0) is 42.0 Å². The Labute approximate surface area is 178 Å². The molecule has 0 aliphatic heterocycles. The van der Waals surface area contributed by atoms with E-state index in [4.69, 9.17) is 9.84 Å². The maximum absolute atomic E-state index is 12.5. The summed E-state index contributed by atoms with van der Waals surface area (Å²) in [7, 11) is 0. The number of rotatable bonds is 9. The van der Waals surface area contributed by atoms with Crippen LogP contribution in [0.4, 0.5) is 0 Å². The van der Waals surface area contributed by atoms with E-state index in [-0.39, 0.29) is 11.7 Å². The number of ether oxygens (including phenoxy) is 1. The van der Waals surface area contributed by atoms with Crippen molar-refractivity contribution in [3.05, 3.63) is 96.1 Å². The van der Waals surface area contributed by atoms with Gasteiger partial charge in [-0.25, -0.2) is 5.43 Å². The summed E-state index contributed by atoms with van der Waals surface area (Å²) < 4.78 is 5.72. The first-order valence-corrected chi connectivity index (χ1v) is 10.3. The van der Waals surface area contributed by atoms with Crippen LogP contribution in [0.3, 0.4) is 0 Å². The highest BCUT2D eigenvalue weighted by Crippen LogP contribution is 2.21. The van der Waals surface area contributed by atoms with Gasteiger partial charge in [-0.2, -0.15) is 5.10 Å². The van der Waals surface area contributed by atoms with Crippen molar-refractivity contribution in [3.8, 4) is 11.5 Å². The number of nitrogens with one attached hydrogen (secondary N) is 1. The molecule has 0 saturated carbocycles. The molecule has 0 unspecified atom stereocenters. The van der Waals surface area contributed by atoms with Crippen LogP contribution in [0.2, 0.25) is 0 Å². The molecule has 152 valence electrons. The summed E-state index contributed by atoms with van der Waals surface area (Å²) in [5, 5.41) is 13.1. The van der Waals surface area contributed by atoms with Gasteiger partial charge in [-0.3, -0.25) is 9.59 Å². The molecular formula is C23H20N2O4S. The van der Waals surface area contributed by atoms with E-state index < -0.39 is 5.97 Å². The number of amides is 1. The van der Waals surface area contributed by atoms with Crippen molar-refractivity contribution in [2.75, 3.05) is 11.5 Å². The molecule has 2 N–H and O–H groups in total. The molecule has 0 fully saturated rings. The van der Waals surface area contributed by atoms with Gasteiger partial charge in [0.2, 0.25) is 0 Å². The van der Waals surface area contributed by atoms with E-state index in [1.165, 1.54) is 11.8 Å². The molecule has 3 aromatic rings. The molecule has 0 aliphatic rings. The predicted octanol–water partition coefficient (Wildman–Crippen LogP) is 4.43. The Kier molecular flexibility index (Phi) is 7.63. The van der Waals surface area contributed by atoms with Crippen molar-refractivity contribution >= 4 is 29.4 Å². The summed E-state index contributed by atoms with van der Waals surface area (Å²) in [6.45, 7) is 0. The second kappa shape index (κ2) is 10.8. The molecule has 0 spiro atoms. The van der Waals surface area contributed by atoms with Gasteiger partial charge in [0, 0.05) is 11.3 Å². The summed E-state index contributed by atoms with van der Waals surface area (Å²) in [4.78, 5) is 23.2. The Bertz CT molecular complexity index is 1010. The van der Waals surface area contributed by atoms with Crippen LogP contribution in [-0.4, -0.2) is 34.2 Å². The number of aliphatic carboxylic acids is 1. The monoisotopic (exact) mass is 420 g/mol. The molecule has 0 aliphatic carbocycles. The van der Waals surface area contributed by atoms with Crippen molar-refractivity contribution in [3.63, 3.8) is 0 Å². The molecule has 3 aromatic carbocycles. The number of para-hydroxylation sites is 1. The van der Waals surface area contributed by atoms with Crippen molar-refractivity contribution in [2.24, 2.45) is 5.10 Å². The number of benzene rings is 3. The second-order valence-electron chi connectivity index (χ2n) is 6.19. The smallest absolute Gasteiger partial charge is 0.313 e. The second-order valence-corrected chi connectivity index (χ2v) is 7.18. The van der Waals surface area contributed by atoms with Crippen LogP contribution in [0.1, 0.15) is 15.9 Å². The number of hydrazone groups is 1. The number of hydrogen-bond donors (Lipinski definition) is 2. The van der Waals surface area contributed by atoms with Crippen molar-refractivity contribution in [2.45, 2.75) is 0 Å². The summed E-state index contributed by atoms with van der Waals surface area (Å²) in [5.41, 5.74) is 4.41. The average Bonchev–Trinajstić information content (AvgIpc) is 2.77. The van der Waals surface area contributed by atoms with Crippen LogP contribution in [0.5, 0.6) is 11.5 Å². The zero-order chi connectivity index (χ0) is 21.2. The first-order chi connectivity index (χ1) is 14.6. The summed E-state index contributed by atoms with van der Waals surface area (Å²) in [6, 6.07) is 25.4. The lowest BCUT2D eigenvalue weighted by Gasteiger charge is -2.08. The number of carboxylic acid groups (broad SMARTS) is 1. The maximum atomic E-state index is 12.5. The lowest BCUT2D eigenvalue weighted by Crippen LogP contribution is -2.21. The normalized spacial score (nSPS) is 11.0. The van der Waals surface area contributed by atoms with Crippen LogP contribution < -0.4 is 10.2 Å². The third-order valence-corrected chi connectivity index (χ3v) is 4.89. The molecule has 0 radical (unpaired) electrons. The highest BCUT2D eigenvalue weighted by molar-refractivity contribution is 8.00. The van der Waals surface area contributed by atoms with Gasteiger partial charge in [-0.15, -0.1) is 11.8 Å². The van der Waals surface area contributed by atoms with Gasteiger partial charge in [0.05, 0.1) is 11.5 Å². The molecule has 3 rings (SSSR count). The Balaban J connectivity index is 1.66. The Hall–Kier alpha value is -3.58. The fourth-order valence-corrected chi connectivity index (χ4v) is 3.23. The van der Waals surface area contributed by atoms with E-state index >= 15 is 0 Å². The molecule has 7 heteroatoms. The van der Waals surface area contributed by atoms with Crippen molar-refractivity contribution < 1.29 is 19.4 Å². The quantitative estimate of drug-likeness (QED) is 0.395. The molecule has 0 heterocycles. The Morgan fingerprint density at radius 1 is 0.800 bits per heavy atom. The van der Waals surface area contributed by atoms with E-state index in [2.05, 4.69) is 10.5 Å². The molecular weight excluding hydrogens is 400 g/mol. The molecule has 0 aromatic heterocycles. The largest absolute Gasteiger partial charge is 0.481 e. The zero-order valence-corrected chi connectivity index (χ0v) is 16.8. The third kappa shape index (κ3) is 6.49. The van der Waals surface area contributed by atoms with Gasteiger partial charge < -0.3 is 9.84 Å². The molecule has 1 amide bonds. The fraction of sp³-hybridized carbons (Fsp3) is 0.0870. The standard InChI is InChI=1S/C23H20N2O4S/c26-22(27)16-30-15-21(17-7-3-1-4-8-17)24-25-23(28)18-11-13-20(14-12-18)29-19-9-5-2-6-10-19/h1-14H,15-16H2,(H,25,28)(H,26,27)/b24-21+. The van der Waals surface area contributed by atoms with Gasteiger partial charge in [0.15, 0.2) is 0 Å². The van der Waals surface area contributed by atoms with Gasteiger partial charge in [0.1, 0.15) is 11.5 Å². The molecule has 0 saturated heterocycles. The SMILES string of the molecule is O=C(O)CSC/C(=N\NC(=O)c1ccc(Oc2ccccc2)cc1)c1ccccc1. The average molecular weight is 420 g/mol. The third-order valence-electron chi connectivity index (χ3n) is 3.96. The van der Waals surface area contributed by atoms with Crippen LogP contribution >= 0.6 is 11.8 Å². The number of carboxylic acids is 1. The van der Waals surface area contributed by atoms with Crippen molar-refractivity contribution in [1.82, 2.24) is 5.43 Å². The van der Waals surface area contributed by atoms with E-state index in [0.717, 1.165) is 5.56 Å². The first kappa shape index (κ1) is 21.1. The summed E-state index contributed by atoms with van der Waals surface area (Å²) in [5.74, 6) is 0.400. The summed E-state index contributed by atoms with van der Waals surface area (Å²) >= 11 is 1.22. The number of thioether (sulfide) groups is 1. The topological polar surface area (TPSA) is 88.0 Å². The predicted molar refractivity (Wildman–Crippen MR) is 118 cm³/mol. The Morgan fingerprint density at radius 3 is 2.03 bits per heavy atom. The number of carbonyl (C=O) groups excluding carboxylic acids is 1. The molecule has 6 nitrogen and oxygen atoms in total. The first-order valence-electron chi connectivity index (χ1n) is 9.16. The van der Waals surface area contributed by atoms with E-state index in [9.17, 15) is 9.59 Å².